The maximum atomic E-state index is 12.5. The van der Waals surface area contributed by atoms with Crippen molar-refractivity contribution in [2.45, 2.75) is 69.7 Å². The Hall–Kier alpha value is -2.10. The number of nitrogens with zero attached hydrogens (tertiary/aromatic N) is 2. The lowest BCUT2D eigenvalue weighted by atomic mass is 9.74. The molecule has 6 nitrogen and oxygen atoms in total. The fourth-order valence-corrected chi connectivity index (χ4v) is 4.74. The molecule has 1 heterocycles. The van der Waals surface area contributed by atoms with Gasteiger partial charge in [0, 0.05) is 30.2 Å². The van der Waals surface area contributed by atoms with Crippen molar-refractivity contribution in [3.05, 3.63) is 29.3 Å². The second-order valence-corrected chi connectivity index (χ2v) is 8.90. The SMILES string of the molecule is COc1c(C#N)cccc1CN1CC(CC(=O)NC(C)C2CC2)OCC12CCC2. The molecule has 1 N–H and O–H groups in total. The average molecular weight is 398 g/mol. The van der Waals surface area contributed by atoms with Gasteiger partial charge in [-0.2, -0.15) is 5.26 Å². The highest BCUT2D eigenvalue weighted by atomic mass is 16.5. The van der Waals surface area contributed by atoms with E-state index in [1.807, 2.05) is 12.1 Å². The summed E-state index contributed by atoms with van der Waals surface area (Å²) in [6.45, 7) is 4.20. The van der Waals surface area contributed by atoms with E-state index in [9.17, 15) is 10.1 Å². The van der Waals surface area contributed by atoms with Crippen LogP contribution in [0.3, 0.4) is 0 Å². The highest BCUT2D eigenvalue weighted by Crippen LogP contribution is 2.42. The molecule has 3 aliphatic rings. The molecule has 2 saturated carbocycles. The summed E-state index contributed by atoms with van der Waals surface area (Å²) in [6.07, 6.45) is 6.19. The van der Waals surface area contributed by atoms with E-state index in [2.05, 4.69) is 23.2 Å². The first-order valence-electron chi connectivity index (χ1n) is 10.8. The second-order valence-electron chi connectivity index (χ2n) is 8.90. The zero-order valence-corrected chi connectivity index (χ0v) is 17.4. The Morgan fingerprint density at radius 2 is 2.24 bits per heavy atom. The molecule has 1 amide bonds. The van der Waals surface area contributed by atoms with E-state index in [0.717, 1.165) is 24.9 Å². The number of nitrogens with one attached hydrogen (secondary N) is 1. The second kappa shape index (κ2) is 8.33. The lowest BCUT2D eigenvalue weighted by molar-refractivity contribution is -0.154. The van der Waals surface area contributed by atoms with Gasteiger partial charge in [-0.05, 0) is 51.0 Å². The molecule has 156 valence electrons. The van der Waals surface area contributed by atoms with Crippen LogP contribution in [0.4, 0.5) is 0 Å². The number of carbonyl (C=O) groups is 1. The molecule has 6 heteroatoms. The number of nitriles is 1. The molecule has 0 radical (unpaired) electrons. The molecular formula is C23H31N3O3. The lowest BCUT2D eigenvalue weighted by Gasteiger charge is -2.54. The van der Waals surface area contributed by atoms with Crippen LogP contribution in [-0.2, 0) is 16.1 Å². The molecule has 1 aliphatic heterocycles. The molecule has 29 heavy (non-hydrogen) atoms. The van der Waals surface area contributed by atoms with Gasteiger partial charge >= 0.3 is 0 Å². The first kappa shape index (κ1) is 20.2. The summed E-state index contributed by atoms with van der Waals surface area (Å²) < 4.78 is 11.7. The van der Waals surface area contributed by atoms with E-state index in [1.165, 1.54) is 19.3 Å². The van der Waals surface area contributed by atoms with E-state index in [1.54, 1.807) is 13.2 Å². The van der Waals surface area contributed by atoms with Gasteiger partial charge in [-0.15, -0.1) is 0 Å². The largest absolute Gasteiger partial charge is 0.495 e. The summed E-state index contributed by atoms with van der Waals surface area (Å²) in [4.78, 5) is 14.9. The topological polar surface area (TPSA) is 74.6 Å². The highest BCUT2D eigenvalue weighted by molar-refractivity contribution is 5.76. The number of carbonyl (C=O) groups excluding carboxylic acids is 1. The molecule has 3 fully saturated rings. The van der Waals surface area contributed by atoms with Crippen molar-refractivity contribution < 1.29 is 14.3 Å². The van der Waals surface area contributed by atoms with Crippen LogP contribution < -0.4 is 10.1 Å². The molecule has 2 atom stereocenters. The van der Waals surface area contributed by atoms with Gasteiger partial charge < -0.3 is 14.8 Å². The van der Waals surface area contributed by atoms with Crippen molar-refractivity contribution in [2.24, 2.45) is 5.92 Å². The third kappa shape index (κ3) is 4.26. The summed E-state index contributed by atoms with van der Waals surface area (Å²) in [5.41, 5.74) is 1.64. The van der Waals surface area contributed by atoms with E-state index in [0.29, 0.717) is 36.8 Å². The molecule has 4 rings (SSSR count). The van der Waals surface area contributed by atoms with Crippen molar-refractivity contribution in [2.75, 3.05) is 20.3 Å². The fourth-order valence-electron chi connectivity index (χ4n) is 4.74. The van der Waals surface area contributed by atoms with Gasteiger partial charge in [0.1, 0.15) is 11.8 Å². The maximum Gasteiger partial charge on any atom is 0.222 e. The zero-order valence-electron chi connectivity index (χ0n) is 17.4. The van der Waals surface area contributed by atoms with Crippen molar-refractivity contribution in [1.29, 1.82) is 5.26 Å². The summed E-state index contributed by atoms with van der Waals surface area (Å²) in [7, 11) is 1.62. The minimum atomic E-state index is -0.0993. The number of methoxy groups -OCH3 is 1. The monoisotopic (exact) mass is 397 g/mol. The minimum Gasteiger partial charge on any atom is -0.495 e. The van der Waals surface area contributed by atoms with Gasteiger partial charge in [-0.1, -0.05) is 12.1 Å². The summed E-state index contributed by atoms with van der Waals surface area (Å²) >= 11 is 0. The molecule has 1 aromatic carbocycles. The Morgan fingerprint density at radius 1 is 1.45 bits per heavy atom. The van der Waals surface area contributed by atoms with Gasteiger partial charge in [0.2, 0.25) is 5.91 Å². The summed E-state index contributed by atoms with van der Waals surface area (Å²) in [5.74, 6) is 1.40. The molecule has 2 unspecified atom stereocenters. The zero-order chi connectivity index (χ0) is 20.4. The first-order valence-corrected chi connectivity index (χ1v) is 10.8. The molecule has 1 saturated heterocycles. The Bertz CT molecular complexity index is 795. The molecular weight excluding hydrogens is 366 g/mol. The summed E-state index contributed by atoms with van der Waals surface area (Å²) in [6, 6.07) is 8.21. The van der Waals surface area contributed by atoms with E-state index < -0.39 is 0 Å². The van der Waals surface area contributed by atoms with Crippen LogP contribution in [0.5, 0.6) is 5.75 Å². The normalized spacial score (nSPS) is 24.4. The Balaban J connectivity index is 1.44. The number of benzene rings is 1. The molecule has 0 bridgehead atoms. The third-order valence-corrected chi connectivity index (χ3v) is 6.88. The van der Waals surface area contributed by atoms with Gasteiger partial charge in [0.05, 0.1) is 31.8 Å². The van der Waals surface area contributed by atoms with Gasteiger partial charge in [0.25, 0.3) is 0 Å². The van der Waals surface area contributed by atoms with Crippen LogP contribution in [0.1, 0.15) is 56.6 Å². The molecule has 1 aromatic rings. The maximum absolute atomic E-state index is 12.5. The number of amides is 1. The van der Waals surface area contributed by atoms with Crippen LogP contribution in [0, 0.1) is 17.2 Å². The van der Waals surface area contributed by atoms with Crippen LogP contribution in [-0.4, -0.2) is 48.8 Å². The molecule has 0 aromatic heterocycles. The third-order valence-electron chi connectivity index (χ3n) is 6.88. The van der Waals surface area contributed by atoms with Gasteiger partial charge in [-0.3, -0.25) is 9.69 Å². The predicted octanol–water partition coefficient (Wildman–Crippen LogP) is 3.00. The number of rotatable bonds is 7. The standard InChI is InChI=1S/C23H31N3O3/c1-16(17-7-8-17)25-21(27)11-20-14-26(23(15-29-20)9-4-10-23)13-19-6-3-5-18(12-24)22(19)28-2/h3,5-6,16-17,20H,4,7-11,13-15H2,1-2H3,(H,25,27). The van der Waals surface area contributed by atoms with Gasteiger partial charge in [0.15, 0.2) is 0 Å². The van der Waals surface area contributed by atoms with E-state index in [4.69, 9.17) is 9.47 Å². The van der Waals surface area contributed by atoms with Crippen LogP contribution in [0.2, 0.25) is 0 Å². The highest BCUT2D eigenvalue weighted by Gasteiger charge is 2.47. The van der Waals surface area contributed by atoms with Crippen LogP contribution in [0.25, 0.3) is 0 Å². The number of hydrogen-bond donors (Lipinski definition) is 1. The predicted molar refractivity (Wildman–Crippen MR) is 109 cm³/mol. The van der Waals surface area contributed by atoms with Crippen molar-refractivity contribution in [3.63, 3.8) is 0 Å². The molecule has 2 aliphatic carbocycles. The smallest absolute Gasteiger partial charge is 0.222 e. The van der Waals surface area contributed by atoms with Crippen molar-refractivity contribution >= 4 is 5.91 Å². The number of morpholine rings is 1. The quantitative estimate of drug-likeness (QED) is 0.766. The fraction of sp³-hybridized carbons (Fsp3) is 0.652. The van der Waals surface area contributed by atoms with Crippen molar-refractivity contribution in [3.8, 4) is 11.8 Å². The Kier molecular flexibility index (Phi) is 5.80. The van der Waals surface area contributed by atoms with Crippen LogP contribution >= 0.6 is 0 Å². The van der Waals surface area contributed by atoms with E-state index >= 15 is 0 Å². The minimum absolute atomic E-state index is 0.0575. The number of hydrogen-bond acceptors (Lipinski definition) is 5. The lowest BCUT2D eigenvalue weighted by Crippen LogP contribution is -2.62. The van der Waals surface area contributed by atoms with Crippen LogP contribution in [0.15, 0.2) is 18.2 Å². The average Bonchev–Trinajstić information content (AvgIpc) is 3.52. The molecule has 1 spiro atoms. The number of ether oxygens (including phenoxy) is 2. The van der Waals surface area contributed by atoms with E-state index in [-0.39, 0.29) is 23.6 Å². The number of para-hydroxylation sites is 1. The van der Waals surface area contributed by atoms with Crippen molar-refractivity contribution in [1.82, 2.24) is 10.2 Å². The Morgan fingerprint density at radius 3 is 2.86 bits per heavy atom. The Labute approximate surface area is 173 Å². The summed E-state index contributed by atoms with van der Waals surface area (Å²) in [5, 5.41) is 12.5. The van der Waals surface area contributed by atoms with Gasteiger partial charge in [-0.25, -0.2) is 0 Å². The first-order chi connectivity index (χ1) is 14.0.